The summed E-state index contributed by atoms with van der Waals surface area (Å²) in [7, 11) is 0. The zero-order chi connectivity index (χ0) is 18.3. The third kappa shape index (κ3) is 7.67. The van der Waals surface area contributed by atoms with Crippen molar-refractivity contribution >= 4 is 11.9 Å². The first-order valence-corrected chi connectivity index (χ1v) is 9.60. The van der Waals surface area contributed by atoms with Crippen LogP contribution in [0.15, 0.2) is 0 Å². The van der Waals surface area contributed by atoms with E-state index >= 15 is 0 Å². The van der Waals surface area contributed by atoms with Gasteiger partial charge in [-0.1, -0.05) is 34.1 Å². The largest absolute Gasteiger partial charge is 0.462 e. The summed E-state index contributed by atoms with van der Waals surface area (Å²) in [6.45, 7) is 12.4. The standard InChI is InChI=1S/C20H36O4/c1-13(2)10-15(5)23-19(21)17-8-7-9-18(12-17)20(22)24-16(6)11-14(3)4/h13-18H,7-12H2,1-6H3. The van der Waals surface area contributed by atoms with Gasteiger partial charge in [-0.05, 0) is 57.8 Å². The normalized spacial score (nSPS) is 23.8. The van der Waals surface area contributed by atoms with Crippen molar-refractivity contribution in [2.24, 2.45) is 23.7 Å². The van der Waals surface area contributed by atoms with Crippen LogP contribution in [0.5, 0.6) is 0 Å². The molecule has 0 heterocycles. The van der Waals surface area contributed by atoms with E-state index in [-0.39, 0.29) is 36.0 Å². The summed E-state index contributed by atoms with van der Waals surface area (Å²) in [5.41, 5.74) is 0. The zero-order valence-corrected chi connectivity index (χ0v) is 16.3. The molecule has 0 aromatic carbocycles. The molecule has 0 aromatic rings. The third-order valence-electron chi connectivity index (χ3n) is 4.58. The fraction of sp³-hybridized carbons (Fsp3) is 0.900. The molecule has 0 radical (unpaired) electrons. The van der Waals surface area contributed by atoms with E-state index in [0.29, 0.717) is 18.3 Å². The first kappa shape index (κ1) is 21.0. The first-order chi connectivity index (χ1) is 11.2. The van der Waals surface area contributed by atoms with E-state index in [1.807, 2.05) is 13.8 Å². The Balaban J connectivity index is 2.48. The Morgan fingerprint density at radius 2 is 1.17 bits per heavy atom. The van der Waals surface area contributed by atoms with Crippen LogP contribution >= 0.6 is 0 Å². The number of esters is 2. The van der Waals surface area contributed by atoms with Crippen molar-refractivity contribution in [3.63, 3.8) is 0 Å². The Morgan fingerprint density at radius 1 is 0.792 bits per heavy atom. The van der Waals surface area contributed by atoms with Gasteiger partial charge in [0.05, 0.1) is 24.0 Å². The summed E-state index contributed by atoms with van der Waals surface area (Å²) in [6.07, 6.45) is 4.72. The van der Waals surface area contributed by atoms with Gasteiger partial charge in [-0.25, -0.2) is 0 Å². The zero-order valence-electron chi connectivity index (χ0n) is 16.3. The number of hydrogen-bond acceptors (Lipinski definition) is 4. The number of carbonyl (C=O) groups is 2. The van der Waals surface area contributed by atoms with Crippen LogP contribution in [0, 0.1) is 23.7 Å². The quantitative estimate of drug-likeness (QED) is 0.598. The molecule has 0 aromatic heterocycles. The smallest absolute Gasteiger partial charge is 0.309 e. The van der Waals surface area contributed by atoms with Crippen LogP contribution in [-0.4, -0.2) is 24.1 Å². The molecular weight excluding hydrogens is 304 g/mol. The van der Waals surface area contributed by atoms with Crippen LogP contribution in [0.3, 0.4) is 0 Å². The monoisotopic (exact) mass is 340 g/mol. The minimum Gasteiger partial charge on any atom is -0.462 e. The van der Waals surface area contributed by atoms with Crippen LogP contribution in [0.25, 0.3) is 0 Å². The minimum absolute atomic E-state index is 0.0594. The van der Waals surface area contributed by atoms with E-state index < -0.39 is 0 Å². The Morgan fingerprint density at radius 3 is 1.50 bits per heavy atom. The van der Waals surface area contributed by atoms with Crippen LogP contribution < -0.4 is 0 Å². The molecule has 4 heteroatoms. The molecule has 0 N–H and O–H groups in total. The predicted molar refractivity (Wildman–Crippen MR) is 95.5 cm³/mol. The molecule has 0 spiro atoms. The first-order valence-electron chi connectivity index (χ1n) is 9.60. The van der Waals surface area contributed by atoms with E-state index in [2.05, 4.69) is 27.7 Å². The summed E-state index contributed by atoms with van der Waals surface area (Å²) >= 11 is 0. The molecule has 4 unspecified atom stereocenters. The number of hydrogen-bond donors (Lipinski definition) is 0. The summed E-state index contributed by atoms with van der Waals surface area (Å²) in [5.74, 6) is 0.401. The molecule has 4 atom stereocenters. The minimum atomic E-state index is -0.161. The molecule has 0 bridgehead atoms. The van der Waals surface area contributed by atoms with E-state index in [4.69, 9.17) is 9.47 Å². The lowest BCUT2D eigenvalue weighted by molar-refractivity contribution is -0.160. The lowest BCUT2D eigenvalue weighted by Gasteiger charge is -2.28. The van der Waals surface area contributed by atoms with Crippen LogP contribution in [-0.2, 0) is 19.1 Å². The lowest BCUT2D eigenvalue weighted by atomic mass is 9.81. The number of rotatable bonds is 8. The number of ether oxygens (including phenoxy) is 2. The average Bonchev–Trinajstić information content (AvgIpc) is 2.45. The second kappa shape index (κ2) is 10.0. The van der Waals surface area contributed by atoms with Gasteiger partial charge in [0.1, 0.15) is 0 Å². The highest BCUT2D eigenvalue weighted by Gasteiger charge is 2.34. The fourth-order valence-corrected chi connectivity index (χ4v) is 3.63. The van der Waals surface area contributed by atoms with E-state index in [9.17, 15) is 9.59 Å². The molecule has 1 fully saturated rings. The summed E-state index contributed by atoms with van der Waals surface area (Å²) in [4.78, 5) is 24.7. The van der Waals surface area contributed by atoms with E-state index in [1.54, 1.807) is 0 Å². The molecule has 24 heavy (non-hydrogen) atoms. The molecule has 1 saturated carbocycles. The fourth-order valence-electron chi connectivity index (χ4n) is 3.63. The van der Waals surface area contributed by atoms with Crippen molar-refractivity contribution in [1.29, 1.82) is 0 Å². The maximum atomic E-state index is 12.4. The lowest BCUT2D eigenvalue weighted by Crippen LogP contribution is -2.32. The molecule has 0 aliphatic heterocycles. The molecular formula is C20H36O4. The molecule has 4 nitrogen and oxygen atoms in total. The third-order valence-corrected chi connectivity index (χ3v) is 4.58. The van der Waals surface area contributed by atoms with Crippen molar-refractivity contribution in [2.45, 2.75) is 92.3 Å². The summed E-state index contributed by atoms with van der Waals surface area (Å²) < 4.78 is 11.1. The molecule has 140 valence electrons. The van der Waals surface area contributed by atoms with Crippen LogP contribution in [0.2, 0.25) is 0 Å². The van der Waals surface area contributed by atoms with Crippen LogP contribution in [0.4, 0.5) is 0 Å². The predicted octanol–water partition coefficient (Wildman–Crippen LogP) is 4.75. The Labute approximate surface area is 147 Å². The Kier molecular flexibility index (Phi) is 8.79. The highest BCUT2D eigenvalue weighted by molar-refractivity contribution is 5.76. The van der Waals surface area contributed by atoms with Crippen molar-refractivity contribution in [3.05, 3.63) is 0 Å². The highest BCUT2D eigenvalue weighted by Crippen LogP contribution is 2.31. The van der Waals surface area contributed by atoms with Gasteiger partial charge in [-0.2, -0.15) is 0 Å². The SMILES string of the molecule is CC(C)CC(C)OC(=O)C1CCCC(C(=O)OC(C)CC(C)C)C1. The van der Waals surface area contributed by atoms with Gasteiger partial charge in [0, 0.05) is 0 Å². The maximum absolute atomic E-state index is 12.4. The average molecular weight is 341 g/mol. The van der Waals surface area contributed by atoms with Gasteiger partial charge < -0.3 is 9.47 Å². The highest BCUT2D eigenvalue weighted by atomic mass is 16.5. The van der Waals surface area contributed by atoms with Gasteiger partial charge in [0.2, 0.25) is 0 Å². The van der Waals surface area contributed by atoms with Crippen molar-refractivity contribution in [2.75, 3.05) is 0 Å². The van der Waals surface area contributed by atoms with Gasteiger partial charge in [0.15, 0.2) is 0 Å². The molecule has 1 rings (SSSR count). The molecule has 0 amide bonds. The van der Waals surface area contributed by atoms with Gasteiger partial charge in [-0.3, -0.25) is 9.59 Å². The van der Waals surface area contributed by atoms with Gasteiger partial charge in [-0.15, -0.1) is 0 Å². The Hall–Kier alpha value is -1.06. The van der Waals surface area contributed by atoms with Gasteiger partial charge >= 0.3 is 11.9 Å². The summed E-state index contributed by atoms with van der Waals surface area (Å²) in [6, 6.07) is 0. The molecule has 1 aliphatic carbocycles. The summed E-state index contributed by atoms with van der Waals surface area (Å²) in [5, 5.41) is 0. The Bertz CT molecular complexity index is 366. The van der Waals surface area contributed by atoms with Crippen molar-refractivity contribution < 1.29 is 19.1 Å². The second-order valence-electron chi connectivity index (χ2n) is 8.31. The molecule has 1 aliphatic rings. The second-order valence-corrected chi connectivity index (χ2v) is 8.31. The van der Waals surface area contributed by atoms with Gasteiger partial charge in [0.25, 0.3) is 0 Å². The van der Waals surface area contributed by atoms with Crippen LogP contribution in [0.1, 0.15) is 80.1 Å². The molecule has 0 saturated heterocycles. The van der Waals surface area contributed by atoms with E-state index in [1.165, 1.54) is 0 Å². The van der Waals surface area contributed by atoms with Crippen molar-refractivity contribution in [1.82, 2.24) is 0 Å². The number of carbonyl (C=O) groups excluding carboxylic acids is 2. The van der Waals surface area contributed by atoms with Crippen molar-refractivity contribution in [3.8, 4) is 0 Å². The topological polar surface area (TPSA) is 52.6 Å². The maximum Gasteiger partial charge on any atom is 0.309 e. The van der Waals surface area contributed by atoms with E-state index in [0.717, 1.165) is 32.1 Å².